The highest BCUT2D eigenvalue weighted by Gasteiger charge is 2.37. The van der Waals surface area contributed by atoms with Gasteiger partial charge in [0.05, 0.1) is 5.56 Å². The van der Waals surface area contributed by atoms with Gasteiger partial charge >= 0.3 is 0 Å². The van der Waals surface area contributed by atoms with Crippen molar-refractivity contribution in [2.24, 2.45) is 5.92 Å². The zero-order valence-electron chi connectivity index (χ0n) is 14.7. The van der Waals surface area contributed by atoms with Crippen molar-refractivity contribution < 1.29 is 19.5 Å². The summed E-state index contributed by atoms with van der Waals surface area (Å²) in [5.74, 6) is -1.06. The first-order chi connectivity index (χ1) is 12.6. The van der Waals surface area contributed by atoms with Crippen molar-refractivity contribution in [1.29, 1.82) is 0 Å². The van der Waals surface area contributed by atoms with E-state index in [1.54, 1.807) is 17.0 Å². The number of phenols is 1. The first-order valence-corrected chi connectivity index (χ1v) is 9.26. The summed E-state index contributed by atoms with van der Waals surface area (Å²) in [5, 5.41) is 9.69. The number of nitrogens with one attached hydrogen (secondary N) is 2. The van der Waals surface area contributed by atoms with E-state index in [0.29, 0.717) is 13.0 Å². The Hall–Kier alpha value is -2.57. The zero-order chi connectivity index (χ0) is 18.5. The number of carbonyl (C=O) groups excluding carboxylic acids is 3. The van der Waals surface area contributed by atoms with E-state index in [2.05, 4.69) is 10.9 Å². The molecular weight excluding hydrogens is 334 g/mol. The van der Waals surface area contributed by atoms with Gasteiger partial charge in [-0.05, 0) is 37.8 Å². The zero-order valence-corrected chi connectivity index (χ0v) is 14.7. The first kappa shape index (κ1) is 18.2. The number of phenolic OH excluding ortho intramolecular Hbond substituents is 1. The molecule has 2 aliphatic rings. The van der Waals surface area contributed by atoms with Crippen molar-refractivity contribution in [3.05, 3.63) is 29.8 Å². The lowest BCUT2D eigenvalue weighted by molar-refractivity contribution is -0.142. The Bertz CT molecular complexity index is 685. The van der Waals surface area contributed by atoms with Gasteiger partial charge in [0.1, 0.15) is 11.8 Å². The van der Waals surface area contributed by atoms with Crippen LogP contribution in [0.1, 0.15) is 55.3 Å². The Kier molecular flexibility index (Phi) is 5.75. The number of hydrogen-bond acceptors (Lipinski definition) is 4. The van der Waals surface area contributed by atoms with E-state index in [9.17, 15) is 19.5 Å². The number of para-hydroxylation sites is 1. The number of nitrogens with zero attached hydrogens (tertiary/aromatic N) is 1. The molecule has 26 heavy (non-hydrogen) atoms. The topological polar surface area (TPSA) is 98.7 Å². The lowest BCUT2D eigenvalue weighted by Gasteiger charge is -2.30. The molecule has 2 fully saturated rings. The van der Waals surface area contributed by atoms with Crippen LogP contribution in [-0.2, 0) is 9.59 Å². The van der Waals surface area contributed by atoms with Gasteiger partial charge in [-0.3, -0.25) is 25.2 Å². The van der Waals surface area contributed by atoms with E-state index in [1.807, 2.05) is 0 Å². The number of rotatable bonds is 3. The van der Waals surface area contributed by atoms with Gasteiger partial charge in [-0.15, -0.1) is 0 Å². The van der Waals surface area contributed by atoms with Crippen LogP contribution in [0.3, 0.4) is 0 Å². The van der Waals surface area contributed by atoms with Gasteiger partial charge in [0.2, 0.25) is 5.91 Å². The van der Waals surface area contributed by atoms with Crippen LogP contribution in [0.5, 0.6) is 5.75 Å². The summed E-state index contributed by atoms with van der Waals surface area (Å²) in [6, 6.07) is 5.55. The maximum atomic E-state index is 12.7. The van der Waals surface area contributed by atoms with Crippen molar-refractivity contribution in [3.8, 4) is 5.75 Å². The van der Waals surface area contributed by atoms with E-state index in [4.69, 9.17) is 0 Å². The summed E-state index contributed by atoms with van der Waals surface area (Å²) in [6.07, 6.45) is 6.48. The molecular formula is C19H25N3O4. The molecule has 1 unspecified atom stereocenters. The fraction of sp³-hybridized carbons (Fsp3) is 0.526. The van der Waals surface area contributed by atoms with Crippen molar-refractivity contribution in [1.82, 2.24) is 15.8 Å². The minimum Gasteiger partial charge on any atom is -0.507 e. The fourth-order valence-corrected chi connectivity index (χ4v) is 3.82. The molecule has 1 saturated heterocycles. The Labute approximate surface area is 152 Å². The van der Waals surface area contributed by atoms with E-state index in [0.717, 1.165) is 32.1 Å². The molecule has 7 nitrogen and oxygen atoms in total. The van der Waals surface area contributed by atoms with Crippen molar-refractivity contribution in [2.75, 3.05) is 6.54 Å². The van der Waals surface area contributed by atoms with Crippen molar-refractivity contribution in [2.45, 2.75) is 51.0 Å². The molecule has 0 aromatic heterocycles. The Morgan fingerprint density at radius 1 is 0.962 bits per heavy atom. The number of benzene rings is 1. The number of likely N-dealkylation sites (tertiary alicyclic amines) is 1. The molecule has 0 bridgehead atoms. The van der Waals surface area contributed by atoms with Gasteiger partial charge < -0.3 is 10.0 Å². The third-order valence-corrected chi connectivity index (χ3v) is 5.24. The van der Waals surface area contributed by atoms with Crippen LogP contribution < -0.4 is 10.9 Å². The number of carbonyl (C=O) groups is 3. The van der Waals surface area contributed by atoms with Gasteiger partial charge in [0.15, 0.2) is 0 Å². The molecule has 1 atom stereocenters. The van der Waals surface area contributed by atoms with E-state index >= 15 is 0 Å². The number of amides is 3. The highest BCUT2D eigenvalue weighted by Crippen LogP contribution is 2.28. The maximum absolute atomic E-state index is 12.7. The standard InChI is InChI=1S/C19H25N3O4/c23-16-11-5-4-9-14(16)17(24)20-21-18(25)15-10-6-12-22(15)19(26)13-7-2-1-3-8-13/h4-5,9,11,13,15,23H,1-3,6-8,10,12H2,(H,20,24)(H,21,25). The van der Waals surface area contributed by atoms with Gasteiger partial charge in [0, 0.05) is 12.5 Å². The number of hydrazine groups is 1. The monoisotopic (exact) mass is 359 g/mol. The summed E-state index contributed by atoms with van der Waals surface area (Å²) in [7, 11) is 0. The van der Waals surface area contributed by atoms with E-state index in [-0.39, 0.29) is 23.1 Å². The van der Waals surface area contributed by atoms with Crippen LogP contribution in [0, 0.1) is 5.92 Å². The SMILES string of the molecule is O=C(NNC(=O)C1CCCN1C(=O)C1CCCCC1)c1ccccc1O. The molecule has 1 saturated carbocycles. The first-order valence-electron chi connectivity index (χ1n) is 9.26. The summed E-state index contributed by atoms with van der Waals surface area (Å²) >= 11 is 0. The Morgan fingerprint density at radius 2 is 1.69 bits per heavy atom. The Morgan fingerprint density at radius 3 is 2.42 bits per heavy atom. The van der Waals surface area contributed by atoms with Gasteiger partial charge in [-0.1, -0.05) is 31.4 Å². The minimum absolute atomic E-state index is 0.0213. The van der Waals surface area contributed by atoms with Gasteiger partial charge in [-0.25, -0.2) is 0 Å². The maximum Gasteiger partial charge on any atom is 0.273 e. The summed E-state index contributed by atoms with van der Waals surface area (Å²) in [4.78, 5) is 39.0. The predicted octanol–water partition coefficient (Wildman–Crippen LogP) is 1.72. The molecule has 1 aromatic carbocycles. The summed E-state index contributed by atoms with van der Waals surface area (Å²) in [5.41, 5.74) is 4.79. The quantitative estimate of drug-likeness (QED) is 0.716. The second-order valence-electron chi connectivity index (χ2n) is 6.99. The molecule has 3 amide bonds. The number of aromatic hydroxyl groups is 1. The van der Waals surface area contributed by atoms with Crippen molar-refractivity contribution in [3.63, 3.8) is 0 Å². The highest BCUT2D eigenvalue weighted by atomic mass is 16.3. The van der Waals surface area contributed by atoms with Crippen LogP contribution in [0.15, 0.2) is 24.3 Å². The molecule has 3 N–H and O–H groups in total. The van der Waals surface area contributed by atoms with Crippen LogP contribution in [0.4, 0.5) is 0 Å². The normalized spacial score (nSPS) is 20.6. The smallest absolute Gasteiger partial charge is 0.273 e. The lowest BCUT2D eigenvalue weighted by Crippen LogP contribution is -2.52. The molecule has 1 aliphatic heterocycles. The Balaban J connectivity index is 1.57. The highest BCUT2D eigenvalue weighted by molar-refractivity contribution is 5.98. The average Bonchev–Trinajstić information content (AvgIpc) is 3.16. The summed E-state index contributed by atoms with van der Waals surface area (Å²) in [6.45, 7) is 0.584. The molecule has 1 aliphatic carbocycles. The van der Waals surface area contributed by atoms with Gasteiger partial charge in [0.25, 0.3) is 11.8 Å². The van der Waals surface area contributed by atoms with E-state index < -0.39 is 17.9 Å². The number of hydrogen-bond donors (Lipinski definition) is 3. The van der Waals surface area contributed by atoms with Crippen LogP contribution in [-0.4, -0.2) is 40.3 Å². The predicted molar refractivity (Wildman–Crippen MR) is 95.0 cm³/mol. The van der Waals surface area contributed by atoms with Gasteiger partial charge in [-0.2, -0.15) is 0 Å². The van der Waals surface area contributed by atoms with Crippen LogP contribution in [0.2, 0.25) is 0 Å². The fourth-order valence-electron chi connectivity index (χ4n) is 3.82. The molecule has 0 radical (unpaired) electrons. The third kappa shape index (κ3) is 3.98. The molecule has 0 spiro atoms. The molecule has 1 aromatic rings. The molecule has 1 heterocycles. The molecule has 7 heteroatoms. The third-order valence-electron chi connectivity index (χ3n) is 5.24. The van der Waals surface area contributed by atoms with Crippen LogP contribution in [0.25, 0.3) is 0 Å². The minimum atomic E-state index is -0.598. The molecule has 3 rings (SSSR count). The lowest BCUT2D eigenvalue weighted by atomic mass is 9.88. The average molecular weight is 359 g/mol. The second-order valence-corrected chi connectivity index (χ2v) is 6.99. The van der Waals surface area contributed by atoms with E-state index in [1.165, 1.54) is 18.6 Å². The van der Waals surface area contributed by atoms with Crippen molar-refractivity contribution >= 4 is 17.7 Å². The molecule has 140 valence electrons. The second kappa shape index (κ2) is 8.21. The van der Waals surface area contributed by atoms with Crippen LogP contribution >= 0.6 is 0 Å². The summed E-state index contributed by atoms with van der Waals surface area (Å²) < 4.78 is 0. The largest absolute Gasteiger partial charge is 0.507 e.